The van der Waals surface area contributed by atoms with Gasteiger partial charge in [0.2, 0.25) is 0 Å². The van der Waals surface area contributed by atoms with Gasteiger partial charge in [-0.15, -0.1) is 0 Å². The first-order valence-electron chi connectivity index (χ1n) is 8.23. The van der Waals surface area contributed by atoms with E-state index < -0.39 is 5.97 Å². The quantitative estimate of drug-likeness (QED) is 0.582. The fraction of sp³-hybridized carbons (Fsp3) is 0.190. The van der Waals surface area contributed by atoms with Crippen LogP contribution >= 0.6 is 0 Å². The number of rotatable bonds is 7. The smallest absolute Gasteiger partial charge is 0.331 e. The summed E-state index contributed by atoms with van der Waals surface area (Å²) in [5, 5.41) is 19.2. The first-order chi connectivity index (χ1) is 12.5. The zero-order valence-electron chi connectivity index (χ0n) is 14.8. The van der Waals surface area contributed by atoms with Crippen molar-refractivity contribution in [1.82, 2.24) is 0 Å². The van der Waals surface area contributed by atoms with Crippen molar-refractivity contribution in [3.63, 3.8) is 0 Å². The average molecular weight is 354 g/mol. The Kier molecular flexibility index (Phi) is 6.85. The van der Waals surface area contributed by atoms with Crippen LogP contribution in [0, 0.1) is 0 Å². The third kappa shape index (κ3) is 5.41. The number of aryl methyl sites for hydroxylation is 1. The fourth-order valence-corrected chi connectivity index (χ4v) is 2.32. The number of phenolic OH excluding ortho intramolecular Hbond substituents is 2. The van der Waals surface area contributed by atoms with E-state index >= 15 is 0 Å². The molecule has 0 aliphatic heterocycles. The minimum Gasteiger partial charge on any atom is -0.508 e. The van der Waals surface area contributed by atoms with Gasteiger partial charge in [0.15, 0.2) is 11.5 Å². The molecule has 0 saturated heterocycles. The molecule has 0 radical (unpaired) electrons. The Balaban J connectivity index is 1.90. The molecule has 2 rings (SSSR count). The molecule has 0 atom stereocenters. The SMILES string of the molecule is CCc1cc(/C=C/COC(=O)/C=C/c2ccc(O)cc2)cc(OC)c1O. The number of benzene rings is 2. The van der Waals surface area contributed by atoms with E-state index in [1.54, 1.807) is 48.6 Å². The predicted molar refractivity (Wildman–Crippen MR) is 101 cm³/mol. The normalized spacial score (nSPS) is 11.2. The summed E-state index contributed by atoms with van der Waals surface area (Å²) in [6.45, 7) is 2.08. The molecule has 0 heterocycles. The van der Waals surface area contributed by atoms with Crippen LogP contribution in [0.4, 0.5) is 0 Å². The summed E-state index contributed by atoms with van der Waals surface area (Å²) in [6.07, 6.45) is 7.15. The van der Waals surface area contributed by atoms with Gasteiger partial charge in [-0.05, 0) is 59.5 Å². The zero-order chi connectivity index (χ0) is 18.9. The van der Waals surface area contributed by atoms with Gasteiger partial charge in [-0.25, -0.2) is 4.79 Å². The maximum absolute atomic E-state index is 11.7. The van der Waals surface area contributed by atoms with Gasteiger partial charge in [-0.2, -0.15) is 0 Å². The van der Waals surface area contributed by atoms with Crippen molar-refractivity contribution in [2.75, 3.05) is 13.7 Å². The van der Waals surface area contributed by atoms with Gasteiger partial charge in [-0.3, -0.25) is 0 Å². The van der Waals surface area contributed by atoms with Crippen molar-refractivity contribution < 1.29 is 24.5 Å². The summed E-state index contributed by atoms with van der Waals surface area (Å²) in [6, 6.07) is 10.1. The second-order valence-corrected chi connectivity index (χ2v) is 5.54. The summed E-state index contributed by atoms with van der Waals surface area (Å²) in [5.74, 6) is 0.281. The minimum atomic E-state index is -0.458. The molecule has 136 valence electrons. The lowest BCUT2D eigenvalue weighted by atomic mass is 10.1. The molecular formula is C21H22O5. The van der Waals surface area contributed by atoms with Crippen LogP contribution in [0.15, 0.2) is 48.6 Å². The molecule has 0 aliphatic carbocycles. The van der Waals surface area contributed by atoms with Crippen molar-refractivity contribution >= 4 is 18.1 Å². The van der Waals surface area contributed by atoms with Crippen LogP contribution in [0.5, 0.6) is 17.2 Å². The Hall–Kier alpha value is -3.21. The number of esters is 1. The maximum atomic E-state index is 11.7. The largest absolute Gasteiger partial charge is 0.508 e. The topological polar surface area (TPSA) is 76.0 Å². The second-order valence-electron chi connectivity index (χ2n) is 5.54. The summed E-state index contributed by atoms with van der Waals surface area (Å²) in [5.41, 5.74) is 2.43. The first-order valence-corrected chi connectivity index (χ1v) is 8.23. The van der Waals surface area contributed by atoms with Crippen LogP contribution in [-0.4, -0.2) is 29.9 Å². The molecule has 2 aromatic carbocycles. The van der Waals surface area contributed by atoms with E-state index in [0.29, 0.717) is 12.2 Å². The van der Waals surface area contributed by atoms with Crippen molar-refractivity contribution in [2.45, 2.75) is 13.3 Å². The van der Waals surface area contributed by atoms with E-state index in [-0.39, 0.29) is 18.1 Å². The van der Waals surface area contributed by atoms with Gasteiger partial charge in [-0.1, -0.05) is 25.1 Å². The van der Waals surface area contributed by atoms with E-state index in [1.807, 2.05) is 13.0 Å². The lowest BCUT2D eigenvalue weighted by molar-refractivity contribution is -0.136. The lowest BCUT2D eigenvalue weighted by Gasteiger charge is -2.09. The number of hydrogen-bond donors (Lipinski definition) is 2. The standard InChI is InChI=1S/C21H22O5/c1-3-17-13-16(14-19(25-2)21(17)24)5-4-12-26-20(23)11-8-15-6-9-18(22)10-7-15/h4-11,13-14,22,24H,3,12H2,1-2H3/b5-4+,11-8+. The molecule has 5 nitrogen and oxygen atoms in total. The summed E-state index contributed by atoms with van der Waals surface area (Å²) in [7, 11) is 1.50. The molecule has 0 spiro atoms. The molecule has 0 fully saturated rings. The van der Waals surface area contributed by atoms with Crippen LogP contribution in [-0.2, 0) is 16.0 Å². The summed E-state index contributed by atoms with van der Waals surface area (Å²) in [4.78, 5) is 11.7. The summed E-state index contributed by atoms with van der Waals surface area (Å²) < 4.78 is 10.3. The highest BCUT2D eigenvalue weighted by atomic mass is 16.5. The van der Waals surface area contributed by atoms with Gasteiger partial charge in [0.25, 0.3) is 0 Å². The Labute approximate surface area is 152 Å². The fourth-order valence-electron chi connectivity index (χ4n) is 2.32. The lowest BCUT2D eigenvalue weighted by Crippen LogP contribution is -1.99. The molecular weight excluding hydrogens is 332 g/mol. The number of methoxy groups -OCH3 is 1. The maximum Gasteiger partial charge on any atom is 0.331 e. The van der Waals surface area contributed by atoms with E-state index in [9.17, 15) is 15.0 Å². The van der Waals surface area contributed by atoms with Crippen LogP contribution < -0.4 is 4.74 Å². The molecule has 0 aromatic heterocycles. The Morgan fingerprint density at radius 1 is 1.08 bits per heavy atom. The molecule has 5 heteroatoms. The van der Waals surface area contributed by atoms with E-state index in [0.717, 1.165) is 16.7 Å². The Morgan fingerprint density at radius 3 is 2.46 bits per heavy atom. The zero-order valence-corrected chi connectivity index (χ0v) is 14.8. The highest BCUT2D eigenvalue weighted by Crippen LogP contribution is 2.32. The minimum absolute atomic E-state index is 0.128. The second kappa shape index (κ2) is 9.32. The van der Waals surface area contributed by atoms with Gasteiger partial charge in [0.1, 0.15) is 12.4 Å². The monoisotopic (exact) mass is 354 g/mol. The molecule has 0 unspecified atom stereocenters. The number of ether oxygens (including phenoxy) is 2. The third-order valence-corrected chi connectivity index (χ3v) is 3.71. The van der Waals surface area contributed by atoms with Crippen molar-refractivity contribution in [3.8, 4) is 17.2 Å². The summed E-state index contributed by atoms with van der Waals surface area (Å²) >= 11 is 0. The average Bonchev–Trinajstić information content (AvgIpc) is 2.65. The molecule has 0 saturated carbocycles. The van der Waals surface area contributed by atoms with Gasteiger partial charge < -0.3 is 19.7 Å². The highest BCUT2D eigenvalue weighted by molar-refractivity contribution is 5.87. The Bertz CT molecular complexity index is 779. The van der Waals surface area contributed by atoms with E-state index in [2.05, 4.69) is 0 Å². The van der Waals surface area contributed by atoms with Crippen LogP contribution in [0.3, 0.4) is 0 Å². The van der Waals surface area contributed by atoms with Crippen molar-refractivity contribution in [2.24, 2.45) is 0 Å². The molecule has 2 N–H and O–H groups in total. The van der Waals surface area contributed by atoms with Gasteiger partial charge in [0.05, 0.1) is 7.11 Å². The highest BCUT2D eigenvalue weighted by Gasteiger charge is 2.07. The van der Waals surface area contributed by atoms with Crippen LogP contribution in [0.2, 0.25) is 0 Å². The molecule has 0 amide bonds. The first kappa shape index (κ1) is 19.1. The molecule has 0 bridgehead atoms. The number of carbonyl (C=O) groups excluding carboxylic acids is 1. The van der Waals surface area contributed by atoms with Gasteiger partial charge >= 0.3 is 5.97 Å². The molecule has 2 aromatic rings. The van der Waals surface area contributed by atoms with E-state index in [1.165, 1.54) is 13.2 Å². The van der Waals surface area contributed by atoms with Crippen LogP contribution in [0.1, 0.15) is 23.6 Å². The Morgan fingerprint density at radius 2 is 1.81 bits per heavy atom. The number of carbonyl (C=O) groups is 1. The predicted octanol–water partition coefficient (Wildman–Crippen LogP) is 3.94. The van der Waals surface area contributed by atoms with E-state index in [4.69, 9.17) is 9.47 Å². The van der Waals surface area contributed by atoms with Crippen molar-refractivity contribution in [3.05, 3.63) is 65.2 Å². The number of phenols is 2. The number of hydrogen-bond acceptors (Lipinski definition) is 5. The molecule has 26 heavy (non-hydrogen) atoms. The van der Waals surface area contributed by atoms with Crippen molar-refractivity contribution in [1.29, 1.82) is 0 Å². The number of aromatic hydroxyl groups is 2. The molecule has 0 aliphatic rings. The van der Waals surface area contributed by atoms with Gasteiger partial charge in [0, 0.05) is 6.08 Å². The van der Waals surface area contributed by atoms with Crippen LogP contribution in [0.25, 0.3) is 12.2 Å². The third-order valence-electron chi connectivity index (χ3n) is 3.71.